The van der Waals surface area contributed by atoms with Gasteiger partial charge >= 0.3 is 0 Å². The predicted molar refractivity (Wildman–Crippen MR) is 162 cm³/mol. The number of nitrogens with two attached hydrogens (primary N) is 1. The Hall–Kier alpha value is -3.39. The molecule has 0 saturated heterocycles. The number of hydrogen-bond donors (Lipinski definition) is 2. The summed E-state index contributed by atoms with van der Waals surface area (Å²) in [6.45, 7) is 6.45. The molecule has 1 atom stereocenters. The summed E-state index contributed by atoms with van der Waals surface area (Å²) in [5.74, 6) is 1.79. The molecule has 1 aliphatic heterocycles. The van der Waals surface area contributed by atoms with E-state index in [4.69, 9.17) is 46.0 Å². The molecule has 13 heteroatoms. The van der Waals surface area contributed by atoms with Crippen molar-refractivity contribution >= 4 is 23.2 Å². The van der Waals surface area contributed by atoms with Crippen LogP contribution >= 0.6 is 11.6 Å². The van der Waals surface area contributed by atoms with Gasteiger partial charge in [-0.25, -0.2) is 0 Å². The van der Waals surface area contributed by atoms with E-state index in [9.17, 15) is 4.79 Å². The smallest absolute Gasteiger partial charge is 0.222 e. The van der Waals surface area contributed by atoms with E-state index >= 15 is 0 Å². The summed E-state index contributed by atoms with van der Waals surface area (Å²) in [5.41, 5.74) is 8.62. The predicted octanol–water partition coefficient (Wildman–Crippen LogP) is 2.66. The normalized spacial score (nSPS) is 14.0. The van der Waals surface area contributed by atoms with Gasteiger partial charge in [-0.15, -0.1) is 10.2 Å². The summed E-state index contributed by atoms with van der Waals surface area (Å²) < 4.78 is 29.2. The van der Waals surface area contributed by atoms with E-state index in [-0.39, 0.29) is 12.3 Å². The SMILES string of the molecule is COc1ccc2c(c1)C(c1ccc(Cl)cc1)=N[C@@H](CC(=O)NCCOCCOCCOCCOCCN)c1nnc(C)n1-2. The summed E-state index contributed by atoms with van der Waals surface area (Å²) in [5, 5.41) is 12.3. The van der Waals surface area contributed by atoms with Gasteiger partial charge in [0.2, 0.25) is 5.91 Å². The number of carbonyl (C=O) groups is 1. The Labute approximate surface area is 256 Å². The van der Waals surface area contributed by atoms with Crippen LogP contribution in [-0.4, -0.2) is 99.4 Å². The zero-order valence-electron chi connectivity index (χ0n) is 24.6. The van der Waals surface area contributed by atoms with Crippen molar-refractivity contribution in [1.82, 2.24) is 20.1 Å². The molecule has 3 N–H and O–H groups in total. The molecule has 0 bridgehead atoms. The summed E-state index contributed by atoms with van der Waals surface area (Å²) in [7, 11) is 1.62. The van der Waals surface area contributed by atoms with Crippen molar-refractivity contribution in [2.45, 2.75) is 19.4 Å². The molecule has 1 amide bonds. The van der Waals surface area contributed by atoms with Crippen molar-refractivity contribution < 1.29 is 28.5 Å². The second-order valence-corrected chi connectivity index (χ2v) is 10.1. The van der Waals surface area contributed by atoms with Gasteiger partial charge in [0.05, 0.1) is 77.8 Å². The van der Waals surface area contributed by atoms with E-state index in [0.29, 0.717) is 94.1 Å². The molecule has 1 aromatic heterocycles. The Balaban J connectivity index is 1.32. The minimum Gasteiger partial charge on any atom is -0.497 e. The Morgan fingerprint density at radius 3 is 2.23 bits per heavy atom. The summed E-state index contributed by atoms with van der Waals surface area (Å²) in [4.78, 5) is 18.1. The average Bonchev–Trinajstić information content (AvgIpc) is 3.34. The monoisotopic (exact) mass is 614 g/mol. The Kier molecular flexibility index (Phi) is 12.9. The lowest BCUT2D eigenvalue weighted by atomic mass is 10.00. The van der Waals surface area contributed by atoms with Gasteiger partial charge in [-0.2, -0.15) is 0 Å². The molecular formula is C30H39ClN6O6. The first-order chi connectivity index (χ1) is 21.0. The zero-order chi connectivity index (χ0) is 30.4. The molecule has 0 spiro atoms. The van der Waals surface area contributed by atoms with Crippen LogP contribution in [0.3, 0.4) is 0 Å². The Bertz CT molecular complexity index is 1350. The van der Waals surface area contributed by atoms with Crippen LogP contribution in [-0.2, 0) is 23.7 Å². The van der Waals surface area contributed by atoms with Crippen molar-refractivity contribution in [3.8, 4) is 11.4 Å². The van der Waals surface area contributed by atoms with Crippen molar-refractivity contribution in [1.29, 1.82) is 0 Å². The van der Waals surface area contributed by atoms with Crippen LogP contribution in [0.4, 0.5) is 0 Å². The standard InChI is InChI=1S/C30H39ClN6O6/c1-21-35-36-30-26(20-28(38)33-10-12-41-14-16-43-18-17-42-15-13-40-11-9-32)34-29(22-3-5-23(31)6-4-22)25-19-24(39-2)7-8-27(25)37(21)30/h3-8,19,26H,9-18,20,32H2,1-2H3,(H,33,38)/t26-/m0/s1. The second kappa shape index (κ2) is 17.0. The molecule has 4 rings (SSSR count). The van der Waals surface area contributed by atoms with E-state index in [1.165, 1.54) is 0 Å². The number of nitrogens with zero attached hydrogens (tertiary/aromatic N) is 4. The molecule has 1 aliphatic rings. The van der Waals surface area contributed by atoms with Crippen molar-refractivity contribution in [3.63, 3.8) is 0 Å². The highest BCUT2D eigenvalue weighted by atomic mass is 35.5. The highest BCUT2D eigenvalue weighted by Gasteiger charge is 2.30. The fourth-order valence-corrected chi connectivity index (χ4v) is 4.66. The van der Waals surface area contributed by atoms with Gasteiger partial charge in [0.1, 0.15) is 17.6 Å². The van der Waals surface area contributed by atoms with E-state index in [1.54, 1.807) is 7.11 Å². The Morgan fingerprint density at radius 1 is 0.930 bits per heavy atom. The van der Waals surface area contributed by atoms with E-state index in [1.807, 2.05) is 54.0 Å². The van der Waals surface area contributed by atoms with Gasteiger partial charge in [0.15, 0.2) is 5.82 Å². The molecular weight excluding hydrogens is 576 g/mol. The molecule has 232 valence electrons. The van der Waals surface area contributed by atoms with Crippen LogP contribution in [0.2, 0.25) is 5.02 Å². The molecule has 2 heterocycles. The number of hydrogen-bond acceptors (Lipinski definition) is 10. The highest BCUT2D eigenvalue weighted by molar-refractivity contribution is 6.30. The third-order valence-corrected chi connectivity index (χ3v) is 6.83. The first-order valence-electron chi connectivity index (χ1n) is 14.2. The lowest BCUT2D eigenvalue weighted by Gasteiger charge is -2.14. The molecule has 0 radical (unpaired) electrons. The number of carbonyl (C=O) groups excluding carboxylic acids is 1. The van der Waals surface area contributed by atoms with Crippen molar-refractivity contribution in [2.75, 3.05) is 73.1 Å². The fraction of sp³-hybridized carbons (Fsp3) is 0.467. The largest absolute Gasteiger partial charge is 0.497 e. The number of aryl methyl sites for hydroxylation is 1. The quantitative estimate of drug-likeness (QED) is 0.207. The number of nitrogens with one attached hydrogen (secondary N) is 1. The van der Waals surface area contributed by atoms with Gasteiger partial charge in [0, 0.05) is 29.2 Å². The number of halogens is 1. The van der Waals surface area contributed by atoms with Gasteiger partial charge in [0.25, 0.3) is 0 Å². The maximum atomic E-state index is 13.0. The number of methoxy groups -OCH3 is 1. The maximum Gasteiger partial charge on any atom is 0.222 e. The molecule has 2 aromatic carbocycles. The molecule has 0 aliphatic carbocycles. The van der Waals surface area contributed by atoms with Crippen LogP contribution in [0.25, 0.3) is 5.69 Å². The van der Waals surface area contributed by atoms with Gasteiger partial charge in [-0.05, 0) is 37.3 Å². The van der Waals surface area contributed by atoms with Gasteiger partial charge in [-0.1, -0.05) is 23.7 Å². The first-order valence-corrected chi connectivity index (χ1v) is 14.6. The maximum absolute atomic E-state index is 13.0. The molecule has 0 fully saturated rings. The van der Waals surface area contributed by atoms with E-state index in [0.717, 1.165) is 16.8 Å². The number of fused-ring (bicyclic) bond motifs is 3. The van der Waals surface area contributed by atoms with Gasteiger partial charge in [-0.3, -0.25) is 14.4 Å². The minimum atomic E-state index is -0.575. The molecule has 12 nitrogen and oxygen atoms in total. The number of benzene rings is 2. The topological polar surface area (TPSA) is 144 Å². The van der Waals surface area contributed by atoms with Crippen LogP contribution in [0, 0.1) is 6.92 Å². The van der Waals surface area contributed by atoms with Crippen LogP contribution in [0.1, 0.15) is 35.2 Å². The summed E-state index contributed by atoms with van der Waals surface area (Å²) in [6, 6.07) is 12.7. The number of aromatic nitrogens is 3. The number of rotatable bonds is 18. The fourth-order valence-electron chi connectivity index (χ4n) is 4.53. The van der Waals surface area contributed by atoms with Crippen LogP contribution in [0.5, 0.6) is 5.75 Å². The third kappa shape index (κ3) is 9.30. The first kappa shape index (κ1) is 32.5. The van der Waals surface area contributed by atoms with Crippen molar-refractivity contribution in [2.24, 2.45) is 10.7 Å². The van der Waals surface area contributed by atoms with E-state index < -0.39 is 6.04 Å². The number of amides is 1. The molecule has 0 unspecified atom stereocenters. The average molecular weight is 615 g/mol. The number of aliphatic imine (C=N–C) groups is 1. The Morgan fingerprint density at radius 2 is 1.58 bits per heavy atom. The molecule has 0 saturated carbocycles. The third-order valence-electron chi connectivity index (χ3n) is 6.58. The van der Waals surface area contributed by atoms with E-state index in [2.05, 4.69) is 15.5 Å². The number of ether oxygens (including phenoxy) is 5. The van der Waals surface area contributed by atoms with Crippen LogP contribution in [0.15, 0.2) is 47.5 Å². The molecule has 3 aromatic rings. The minimum absolute atomic E-state index is 0.0840. The lowest BCUT2D eigenvalue weighted by Crippen LogP contribution is -2.29. The van der Waals surface area contributed by atoms with Crippen molar-refractivity contribution in [3.05, 3.63) is 70.3 Å². The zero-order valence-corrected chi connectivity index (χ0v) is 25.3. The molecule has 43 heavy (non-hydrogen) atoms. The lowest BCUT2D eigenvalue weighted by molar-refractivity contribution is -0.121. The highest BCUT2D eigenvalue weighted by Crippen LogP contribution is 2.34. The van der Waals surface area contributed by atoms with Crippen LogP contribution < -0.4 is 15.8 Å². The summed E-state index contributed by atoms with van der Waals surface area (Å²) in [6.07, 6.45) is 0.0840. The van der Waals surface area contributed by atoms with Gasteiger partial charge < -0.3 is 34.7 Å². The summed E-state index contributed by atoms with van der Waals surface area (Å²) >= 11 is 6.17. The second-order valence-electron chi connectivity index (χ2n) is 9.62.